The third kappa shape index (κ3) is 9.14. The highest BCUT2D eigenvalue weighted by atomic mass is 16.5. The Kier molecular flexibility index (Phi) is 10.1. The number of carbonyl (C=O) groups excluding carboxylic acids is 4. The summed E-state index contributed by atoms with van der Waals surface area (Å²) < 4.78 is 15.2. The lowest BCUT2D eigenvalue weighted by atomic mass is 10.1. The van der Waals surface area contributed by atoms with Crippen LogP contribution in [0.25, 0.3) is 0 Å². The molecule has 0 radical (unpaired) electrons. The highest BCUT2D eigenvalue weighted by Gasteiger charge is 2.12. The highest BCUT2D eigenvalue weighted by molar-refractivity contribution is 5.98. The maximum absolute atomic E-state index is 12.1. The van der Waals surface area contributed by atoms with E-state index in [1.165, 1.54) is 7.11 Å². The summed E-state index contributed by atoms with van der Waals surface area (Å²) in [5.41, 5.74) is 1.33. The minimum absolute atomic E-state index is 0.0133. The van der Waals surface area contributed by atoms with E-state index in [-0.39, 0.29) is 43.5 Å². The van der Waals surface area contributed by atoms with Crippen molar-refractivity contribution in [1.29, 1.82) is 0 Å². The standard InChI is InChI=1S/C25H29NO7/c1-17(2)15-33-25(30)18-10-12-20(13-11-18)26-23(28)8-5-9-24(29)32-16-22(27)19-6-4-7-21(14-19)31-3/h4,6-7,10-14,17H,5,8-9,15-16H2,1-3H3,(H,26,28). The molecule has 0 aromatic heterocycles. The number of nitrogens with one attached hydrogen (secondary N) is 1. The molecule has 0 fully saturated rings. The van der Waals surface area contributed by atoms with E-state index in [1.54, 1.807) is 48.5 Å². The molecule has 0 saturated heterocycles. The first-order valence-corrected chi connectivity index (χ1v) is 10.7. The van der Waals surface area contributed by atoms with Crippen molar-refractivity contribution < 1.29 is 33.4 Å². The van der Waals surface area contributed by atoms with Crippen LogP contribution in [0.1, 0.15) is 53.8 Å². The molecule has 8 nitrogen and oxygen atoms in total. The summed E-state index contributed by atoms with van der Waals surface area (Å²) in [6.45, 7) is 3.88. The zero-order valence-corrected chi connectivity index (χ0v) is 19.1. The van der Waals surface area contributed by atoms with Crippen LogP contribution in [0.3, 0.4) is 0 Å². The molecular formula is C25H29NO7. The number of Topliss-reactive ketones (excluding diaryl/α,β-unsaturated/α-hetero) is 1. The van der Waals surface area contributed by atoms with Gasteiger partial charge in [-0.1, -0.05) is 26.0 Å². The fourth-order valence-electron chi connectivity index (χ4n) is 2.73. The van der Waals surface area contributed by atoms with Crippen LogP contribution in [0.5, 0.6) is 5.75 Å². The van der Waals surface area contributed by atoms with E-state index in [1.807, 2.05) is 13.8 Å². The van der Waals surface area contributed by atoms with Crippen molar-refractivity contribution in [3.8, 4) is 5.75 Å². The number of rotatable bonds is 12. The summed E-state index contributed by atoms with van der Waals surface area (Å²) in [7, 11) is 1.50. The third-order valence-electron chi connectivity index (χ3n) is 4.49. The Balaban J connectivity index is 1.68. The second-order valence-corrected chi connectivity index (χ2v) is 7.79. The Bertz CT molecular complexity index is 967. The van der Waals surface area contributed by atoms with Crippen LogP contribution >= 0.6 is 0 Å². The van der Waals surface area contributed by atoms with Gasteiger partial charge in [-0.2, -0.15) is 0 Å². The summed E-state index contributed by atoms with van der Waals surface area (Å²) in [5, 5.41) is 2.71. The van der Waals surface area contributed by atoms with Gasteiger partial charge in [0.2, 0.25) is 5.91 Å². The van der Waals surface area contributed by atoms with E-state index in [0.29, 0.717) is 29.2 Å². The van der Waals surface area contributed by atoms with Gasteiger partial charge in [0.25, 0.3) is 0 Å². The van der Waals surface area contributed by atoms with E-state index in [9.17, 15) is 19.2 Å². The Morgan fingerprint density at radius 3 is 2.30 bits per heavy atom. The van der Waals surface area contributed by atoms with Crippen molar-refractivity contribution in [2.75, 3.05) is 25.6 Å². The van der Waals surface area contributed by atoms with E-state index < -0.39 is 11.9 Å². The van der Waals surface area contributed by atoms with Gasteiger partial charge in [-0.3, -0.25) is 14.4 Å². The van der Waals surface area contributed by atoms with Gasteiger partial charge in [0, 0.05) is 24.1 Å². The fourth-order valence-corrected chi connectivity index (χ4v) is 2.73. The summed E-state index contributed by atoms with van der Waals surface area (Å²) in [5.74, 6) is -0.785. The van der Waals surface area contributed by atoms with Crippen molar-refractivity contribution >= 4 is 29.3 Å². The number of ketones is 1. The van der Waals surface area contributed by atoms with Crippen LogP contribution in [0.2, 0.25) is 0 Å². The maximum Gasteiger partial charge on any atom is 0.338 e. The highest BCUT2D eigenvalue weighted by Crippen LogP contribution is 2.14. The van der Waals surface area contributed by atoms with Crippen LogP contribution in [0.4, 0.5) is 5.69 Å². The van der Waals surface area contributed by atoms with Crippen molar-refractivity contribution in [3.05, 3.63) is 59.7 Å². The zero-order chi connectivity index (χ0) is 24.2. The molecule has 1 amide bonds. The molecule has 0 aliphatic rings. The Labute approximate surface area is 193 Å². The molecule has 0 bridgehead atoms. The van der Waals surface area contributed by atoms with Gasteiger partial charge in [0.15, 0.2) is 12.4 Å². The predicted octanol–water partition coefficient (Wildman–Crippen LogP) is 4.04. The van der Waals surface area contributed by atoms with Gasteiger partial charge in [-0.15, -0.1) is 0 Å². The smallest absolute Gasteiger partial charge is 0.338 e. The van der Waals surface area contributed by atoms with Gasteiger partial charge < -0.3 is 19.5 Å². The molecular weight excluding hydrogens is 426 g/mol. The summed E-state index contributed by atoms with van der Waals surface area (Å²) in [6.07, 6.45) is 0.397. The van der Waals surface area contributed by atoms with Crippen molar-refractivity contribution in [2.45, 2.75) is 33.1 Å². The molecule has 0 heterocycles. The zero-order valence-electron chi connectivity index (χ0n) is 19.1. The first kappa shape index (κ1) is 25.6. The lowest BCUT2D eigenvalue weighted by Gasteiger charge is -2.09. The molecule has 0 spiro atoms. The van der Waals surface area contributed by atoms with E-state index in [2.05, 4.69) is 5.32 Å². The Morgan fingerprint density at radius 2 is 1.64 bits per heavy atom. The lowest BCUT2D eigenvalue weighted by Crippen LogP contribution is -2.15. The number of ether oxygens (including phenoxy) is 3. The third-order valence-corrected chi connectivity index (χ3v) is 4.49. The second-order valence-electron chi connectivity index (χ2n) is 7.79. The predicted molar refractivity (Wildman–Crippen MR) is 122 cm³/mol. The van der Waals surface area contributed by atoms with Crippen LogP contribution in [-0.4, -0.2) is 44.0 Å². The Hall–Kier alpha value is -3.68. The van der Waals surface area contributed by atoms with Crippen LogP contribution in [-0.2, 0) is 19.1 Å². The van der Waals surface area contributed by atoms with Gasteiger partial charge >= 0.3 is 11.9 Å². The average molecular weight is 456 g/mol. The molecule has 0 aliphatic heterocycles. The SMILES string of the molecule is COc1cccc(C(=O)COC(=O)CCCC(=O)Nc2ccc(C(=O)OCC(C)C)cc2)c1. The molecule has 0 unspecified atom stereocenters. The minimum atomic E-state index is -0.552. The molecule has 2 aromatic carbocycles. The molecule has 0 atom stereocenters. The van der Waals surface area contributed by atoms with Crippen molar-refractivity contribution in [2.24, 2.45) is 5.92 Å². The summed E-state index contributed by atoms with van der Waals surface area (Å²) in [6, 6.07) is 13.0. The van der Waals surface area contributed by atoms with Crippen molar-refractivity contribution in [1.82, 2.24) is 0 Å². The van der Waals surface area contributed by atoms with Gasteiger partial charge in [-0.25, -0.2) is 4.79 Å². The minimum Gasteiger partial charge on any atom is -0.497 e. The molecule has 1 N–H and O–H groups in total. The first-order valence-electron chi connectivity index (χ1n) is 10.7. The van der Waals surface area contributed by atoms with E-state index in [4.69, 9.17) is 14.2 Å². The van der Waals surface area contributed by atoms with E-state index in [0.717, 1.165) is 0 Å². The number of methoxy groups -OCH3 is 1. The average Bonchev–Trinajstić information content (AvgIpc) is 2.81. The number of amides is 1. The maximum atomic E-state index is 12.1. The quantitative estimate of drug-likeness (QED) is 0.380. The normalized spacial score (nSPS) is 10.4. The van der Waals surface area contributed by atoms with E-state index >= 15 is 0 Å². The van der Waals surface area contributed by atoms with Crippen LogP contribution in [0, 0.1) is 5.92 Å². The van der Waals surface area contributed by atoms with Crippen LogP contribution in [0.15, 0.2) is 48.5 Å². The number of esters is 2. The van der Waals surface area contributed by atoms with Crippen LogP contribution < -0.4 is 10.1 Å². The monoisotopic (exact) mass is 455 g/mol. The van der Waals surface area contributed by atoms with Crippen molar-refractivity contribution in [3.63, 3.8) is 0 Å². The van der Waals surface area contributed by atoms with Gasteiger partial charge in [0.1, 0.15) is 5.75 Å². The molecule has 2 aromatic rings. The molecule has 0 saturated carbocycles. The van der Waals surface area contributed by atoms with Gasteiger partial charge in [-0.05, 0) is 48.7 Å². The summed E-state index contributed by atoms with van der Waals surface area (Å²) >= 11 is 0. The second kappa shape index (κ2) is 13.0. The topological polar surface area (TPSA) is 108 Å². The first-order chi connectivity index (χ1) is 15.8. The number of hydrogen-bond donors (Lipinski definition) is 1. The summed E-state index contributed by atoms with van der Waals surface area (Å²) in [4.78, 5) is 48.0. The number of hydrogen-bond acceptors (Lipinski definition) is 7. The van der Waals surface area contributed by atoms with Gasteiger partial charge in [0.05, 0.1) is 19.3 Å². The fraction of sp³-hybridized carbons (Fsp3) is 0.360. The Morgan fingerprint density at radius 1 is 0.909 bits per heavy atom. The largest absolute Gasteiger partial charge is 0.497 e. The molecule has 2 rings (SSSR count). The number of anilines is 1. The molecule has 0 aliphatic carbocycles. The molecule has 33 heavy (non-hydrogen) atoms. The molecule has 176 valence electrons. The number of carbonyl (C=O) groups is 4. The lowest BCUT2D eigenvalue weighted by molar-refractivity contribution is -0.142. The number of benzene rings is 2. The molecule has 8 heteroatoms.